The summed E-state index contributed by atoms with van der Waals surface area (Å²) in [5, 5.41) is 2.84. The van der Waals surface area contributed by atoms with Crippen LogP contribution in [0.25, 0.3) is 0 Å². The van der Waals surface area contributed by atoms with Gasteiger partial charge in [0.25, 0.3) is 15.9 Å². The maximum absolute atomic E-state index is 12.7. The minimum Gasteiger partial charge on any atom is -0.347 e. The van der Waals surface area contributed by atoms with Gasteiger partial charge in [0.2, 0.25) is 0 Å². The number of halogens is 1. The molecule has 0 radical (unpaired) electrons. The SMILES string of the molecule is Cc1cccc(NS(=O)(=O)c2cc(C(=O)NC(C)(C)C)ccc2Cl)c1. The van der Waals surface area contributed by atoms with Crippen LogP contribution in [0.4, 0.5) is 5.69 Å². The molecule has 2 rings (SSSR count). The van der Waals surface area contributed by atoms with Crippen LogP contribution in [0.1, 0.15) is 36.7 Å². The number of hydrogen-bond donors (Lipinski definition) is 2. The van der Waals surface area contributed by atoms with E-state index in [1.165, 1.54) is 18.2 Å². The normalized spacial score (nSPS) is 11.9. The second-order valence-corrected chi connectivity index (χ2v) is 8.88. The van der Waals surface area contributed by atoms with Gasteiger partial charge in [0, 0.05) is 16.8 Å². The molecule has 0 aliphatic heterocycles. The van der Waals surface area contributed by atoms with Crippen LogP contribution >= 0.6 is 11.6 Å². The number of anilines is 1. The maximum Gasteiger partial charge on any atom is 0.263 e. The molecule has 0 saturated carbocycles. The quantitative estimate of drug-likeness (QED) is 0.842. The van der Waals surface area contributed by atoms with Crippen LogP contribution in [-0.4, -0.2) is 19.9 Å². The Morgan fingerprint density at radius 3 is 2.36 bits per heavy atom. The Morgan fingerprint density at radius 2 is 1.76 bits per heavy atom. The predicted molar refractivity (Wildman–Crippen MR) is 101 cm³/mol. The molecular formula is C18H21ClN2O3S. The van der Waals surface area contributed by atoms with Gasteiger partial charge < -0.3 is 5.32 Å². The summed E-state index contributed by atoms with van der Waals surface area (Å²) in [7, 11) is -3.92. The lowest BCUT2D eigenvalue weighted by atomic mass is 10.1. The van der Waals surface area contributed by atoms with E-state index in [0.717, 1.165) is 5.56 Å². The van der Waals surface area contributed by atoms with Crippen molar-refractivity contribution >= 4 is 33.2 Å². The summed E-state index contributed by atoms with van der Waals surface area (Å²) < 4.78 is 27.8. The molecule has 0 spiro atoms. The standard InChI is InChI=1S/C18H21ClN2O3S/c1-12-6-5-7-14(10-12)21-25(23,24)16-11-13(8-9-15(16)19)17(22)20-18(2,3)4/h5-11,21H,1-4H3,(H,20,22). The zero-order valence-electron chi connectivity index (χ0n) is 14.6. The van der Waals surface area contributed by atoms with E-state index in [4.69, 9.17) is 11.6 Å². The second-order valence-electron chi connectivity index (χ2n) is 6.82. The monoisotopic (exact) mass is 380 g/mol. The summed E-state index contributed by atoms with van der Waals surface area (Å²) in [4.78, 5) is 12.1. The lowest BCUT2D eigenvalue weighted by molar-refractivity contribution is 0.0919. The minimum absolute atomic E-state index is 0.0486. The van der Waals surface area contributed by atoms with Gasteiger partial charge in [-0.25, -0.2) is 8.42 Å². The molecule has 0 heterocycles. The number of hydrogen-bond acceptors (Lipinski definition) is 3. The van der Waals surface area contributed by atoms with Crippen LogP contribution in [0.5, 0.6) is 0 Å². The van der Waals surface area contributed by atoms with Crippen molar-refractivity contribution in [3.05, 3.63) is 58.6 Å². The molecule has 0 unspecified atom stereocenters. The fraction of sp³-hybridized carbons (Fsp3) is 0.278. The van der Waals surface area contributed by atoms with Crippen molar-refractivity contribution in [2.75, 3.05) is 4.72 Å². The number of nitrogens with one attached hydrogen (secondary N) is 2. The molecule has 0 atom stereocenters. The molecule has 2 N–H and O–H groups in total. The molecule has 1 amide bonds. The van der Waals surface area contributed by atoms with Crippen LogP contribution in [0.3, 0.4) is 0 Å². The third-order valence-electron chi connectivity index (χ3n) is 3.24. The van der Waals surface area contributed by atoms with Gasteiger partial charge in [0.1, 0.15) is 4.90 Å². The lowest BCUT2D eigenvalue weighted by Crippen LogP contribution is -2.40. The van der Waals surface area contributed by atoms with E-state index in [2.05, 4.69) is 10.0 Å². The van der Waals surface area contributed by atoms with E-state index in [1.807, 2.05) is 33.8 Å². The third kappa shape index (κ3) is 5.21. The van der Waals surface area contributed by atoms with Crippen molar-refractivity contribution in [1.29, 1.82) is 0 Å². The molecule has 134 valence electrons. The first-order chi connectivity index (χ1) is 11.5. The number of amides is 1. The number of carbonyl (C=O) groups excluding carboxylic acids is 1. The van der Waals surface area contributed by atoms with E-state index in [1.54, 1.807) is 18.2 Å². The summed E-state index contributed by atoms with van der Waals surface area (Å²) in [6, 6.07) is 11.2. The number of rotatable bonds is 4. The van der Waals surface area contributed by atoms with Gasteiger partial charge in [-0.3, -0.25) is 9.52 Å². The Hall–Kier alpha value is -2.05. The van der Waals surface area contributed by atoms with Crippen molar-refractivity contribution in [2.24, 2.45) is 0 Å². The molecule has 5 nitrogen and oxygen atoms in total. The van der Waals surface area contributed by atoms with E-state index in [-0.39, 0.29) is 21.4 Å². The van der Waals surface area contributed by atoms with Crippen LogP contribution in [0.2, 0.25) is 5.02 Å². The van der Waals surface area contributed by atoms with Gasteiger partial charge in [0.15, 0.2) is 0 Å². The van der Waals surface area contributed by atoms with E-state index >= 15 is 0 Å². The fourth-order valence-electron chi connectivity index (χ4n) is 2.18. The smallest absolute Gasteiger partial charge is 0.263 e. The Kier molecular flexibility index (Phi) is 5.44. The van der Waals surface area contributed by atoms with Gasteiger partial charge in [-0.15, -0.1) is 0 Å². The van der Waals surface area contributed by atoms with Crippen molar-refractivity contribution in [1.82, 2.24) is 5.32 Å². The molecule has 0 aliphatic rings. The first-order valence-corrected chi connectivity index (χ1v) is 9.56. The Bertz CT molecular complexity index is 903. The molecule has 7 heteroatoms. The molecule has 2 aromatic rings. The molecule has 0 saturated heterocycles. The van der Waals surface area contributed by atoms with Crippen LogP contribution in [-0.2, 0) is 10.0 Å². The highest BCUT2D eigenvalue weighted by Crippen LogP contribution is 2.25. The van der Waals surface area contributed by atoms with E-state index in [9.17, 15) is 13.2 Å². The highest BCUT2D eigenvalue weighted by molar-refractivity contribution is 7.92. The zero-order chi connectivity index (χ0) is 18.8. The predicted octanol–water partition coefficient (Wildman–Crippen LogP) is 3.98. The largest absolute Gasteiger partial charge is 0.347 e. The lowest BCUT2D eigenvalue weighted by Gasteiger charge is -2.20. The second kappa shape index (κ2) is 7.06. The van der Waals surface area contributed by atoms with Gasteiger partial charge in [-0.05, 0) is 63.6 Å². The summed E-state index contributed by atoms with van der Waals surface area (Å²) in [6.45, 7) is 7.40. The average molecular weight is 381 g/mol. The first kappa shape index (κ1) is 19.3. The maximum atomic E-state index is 12.7. The average Bonchev–Trinajstić information content (AvgIpc) is 2.45. The first-order valence-electron chi connectivity index (χ1n) is 7.69. The molecule has 0 aromatic heterocycles. The van der Waals surface area contributed by atoms with Crippen LogP contribution < -0.4 is 10.0 Å². The topological polar surface area (TPSA) is 75.3 Å². The van der Waals surface area contributed by atoms with Gasteiger partial charge in [-0.2, -0.15) is 0 Å². The summed E-state index contributed by atoms with van der Waals surface area (Å²) in [5.74, 6) is -0.365. The Balaban J connectivity index is 2.37. The Labute approximate surface area is 153 Å². The van der Waals surface area contributed by atoms with Gasteiger partial charge >= 0.3 is 0 Å². The summed E-state index contributed by atoms with van der Waals surface area (Å²) in [6.07, 6.45) is 0. The molecular weight excluding hydrogens is 360 g/mol. The molecule has 2 aromatic carbocycles. The molecule has 0 aliphatic carbocycles. The number of benzene rings is 2. The number of carbonyl (C=O) groups is 1. The zero-order valence-corrected chi connectivity index (χ0v) is 16.1. The van der Waals surface area contributed by atoms with Crippen LogP contribution in [0, 0.1) is 6.92 Å². The minimum atomic E-state index is -3.92. The van der Waals surface area contributed by atoms with Crippen molar-refractivity contribution < 1.29 is 13.2 Å². The summed E-state index contributed by atoms with van der Waals surface area (Å²) in [5.41, 5.74) is 1.14. The molecule has 0 fully saturated rings. The molecule has 25 heavy (non-hydrogen) atoms. The van der Waals surface area contributed by atoms with Crippen molar-refractivity contribution in [3.63, 3.8) is 0 Å². The third-order valence-corrected chi connectivity index (χ3v) is 5.10. The Morgan fingerprint density at radius 1 is 1.08 bits per heavy atom. The van der Waals surface area contributed by atoms with Crippen molar-refractivity contribution in [2.45, 2.75) is 38.1 Å². The van der Waals surface area contributed by atoms with E-state index in [0.29, 0.717) is 5.69 Å². The highest BCUT2D eigenvalue weighted by atomic mass is 35.5. The fourth-order valence-corrected chi connectivity index (χ4v) is 3.76. The number of sulfonamides is 1. The van der Waals surface area contributed by atoms with Crippen molar-refractivity contribution in [3.8, 4) is 0 Å². The molecule has 0 bridgehead atoms. The summed E-state index contributed by atoms with van der Waals surface area (Å²) >= 11 is 6.07. The van der Waals surface area contributed by atoms with Gasteiger partial charge in [-0.1, -0.05) is 23.7 Å². The van der Waals surface area contributed by atoms with E-state index < -0.39 is 15.6 Å². The highest BCUT2D eigenvalue weighted by Gasteiger charge is 2.22. The van der Waals surface area contributed by atoms with Crippen LogP contribution in [0.15, 0.2) is 47.4 Å². The number of aryl methyl sites for hydroxylation is 1. The van der Waals surface area contributed by atoms with Gasteiger partial charge in [0.05, 0.1) is 5.02 Å².